The van der Waals surface area contributed by atoms with Crippen LogP contribution in [-0.2, 0) is 20.9 Å². The topological polar surface area (TPSA) is 129 Å². The second kappa shape index (κ2) is 10.4. The van der Waals surface area contributed by atoms with Crippen molar-refractivity contribution in [1.29, 1.82) is 0 Å². The third kappa shape index (κ3) is 4.88. The molecule has 0 aromatic heterocycles. The molecule has 1 aliphatic carbocycles. The lowest BCUT2D eigenvalue weighted by Crippen LogP contribution is -2.51. The Labute approximate surface area is 238 Å². The lowest BCUT2D eigenvalue weighted by molar-refractivity contribution is -0.124. The van der Waals surface area contributed by atoms with Crippen molar-refractivity contribution >= 4 is 23.8 Å². The van der Waals surface area contributed by atoms with Crippen LogP contribution in [0, 0.1) is 5.41 Å². The van der Waals surface area contributed by atoms with E-state index in [4.69, 9.17) is 9.47 Å². The minimum Gasteiger partial charge on any atom is -0.497 e. The van der Waals surface area contributed by atoms with Crippen molar-refractivity contribution in [2.45, 2.75) is 44.4 Å². The summed E-state index contributed by atoms with van der Waals surface area (Å²) in [5.74, 6) is 0.0290. The van der Waals surface area contributed by atoms with Crippen LogP contribution in [0.1, 0.15) is 42.1 Å². The van der Waals surface area contributed by atoms with Crippen LogP contribution in [0.15, 0.2) is 53.8 Å². The summed E-state index contributed by atoms with van der Waals surface area (Å²) in [4.78, 5) is 55.6. The molecule has 3 atom stereocenters. The van der Waals surface area contributed by atoms with Gasteiger partial charge in [-0.25, -0.2) is 4.79 Å². The monoisotopic (exact) mass is 561 g/mol. The minimum absolute atomic E-state index is 0.118. The predicted molar refractivity (Wildman–Crippen MR) is 149 cm³/mol. The Morgan fingerprint density at radius 3 is 2.73 bits per heavy atom. The highest BCUT2D eigenvalue weighted by atomic mass is 16.5. The molecule has 2 unspecified atom stereocenters. The number of nitrogens with one attached hydrogen (secondary N) is 3. The van der Waals surface area contributed by atoms with Crippen LogP contribution in [0.5, 0.6) is 5.75 Å². The lowest BCUT2D eigenvalue weighted by Gasteiger charge is -2.31. The molecule has 41 heavy (non-hydrogen) atoms. The number of nitrogens with zero attached hydrogens (tertiary/aromatic N) is 2. The van der Waals surface area contributed by atoms with Gasteiger partial charge in [0, 0.05) is 49.2 Å². The zero-order chi connectivity index (χ0) is 28.8. The second-order valence-electron chi connectivity index (χ2n) is 11.5. The van der Waals surface area contributed by atoms with Crippen molar-refractivity contribution < 1.29 is 28.7 Å². The second-order valence-corrected chi connectivity index (χ2v) is 11.5. The van der Waals surface area contributed by atoms with Crippen molar-refractivity contribution in [1.82, 2.24) is 25.8 Å². The third-order valence-electron chi connectivity index (χ3n) is 8.75. The molecular formula is C30H35N5O6. The predicted octanol–water partition coefficient (Wildman–Crippen LogP) is 1.62. The van der Waals surface area contributed by atoms with E-state index >= 15 is 0 Å². The number of hydrogen-bond donors (Lipinski definition) is 3. The largest absolute Gasteiger partial charge is 0.497 e. The molecule has 1 aromatic carbocycles. The third-order valence-corrected chi connectivity index (χ3v) is 8.75. The minimum atomic E-state index is -1.48. The average molecular weight is 562 g/mol. The van der Waals surface area contributed by atoms with E-state index < -0.39 is 29.0 Å². The number of carbonyl (C=O) groups is 4. The highest BCUT2D eigenvalue weighted by Gasteiger charge is 2.55. The van der Waals surface area contributed by atoms with Crippen LogP contribution < -0.4 is 20.7 Å². The van der Waals surface area contributed by atoms with Gasteiger partial charge in [-0.2, -0.15) is 0 Å². The van der Waals surface area contributed by atoms with E-state index in [1.54, 1.807) is 30.2 Å². The first-order valence-corrected chi connectivity index (χ1v) is 14.1. The van der Waals surface area contributed by atoms with E-state index in [1.807, 2.05) is 31.2 Å². The molecule has 6 rings (SSSR count). The summed E-state index contributed by atoms with van der Waals surface area (Å²) in [5, 5.41) is 8.10. The molecule has 4 heterocycles. The molecule has 2 saturated heterocycles. The number of urea groups is 1. The van der Waals surface area contributed by atoms with E-state index in [2.05, 4.69) is 20.9 Å². The molecular weight excluding hydrogens is 526 g/mol. The Morgan fingerprint density at radius 1 is 1.20 bits per heavy atom. The lowest BCUT2D eigenvalue weighted by atomic mass is 9.79. The number of imide groups is 1. The smallest absolute Gasteiger partial charge is 0.322 e. The maximum Gasteiger partial charge on any atom is 0.322 e. The summed E-state index contributed by atoms with van der Waals surface area (Å²) in [7, 11) is 1.55. The van der Waals surface area contributed by atoms with Gasteiger partial charge in [0.05, 0.1) is 7.11 Å². The maximum atomic E-state index is 13.3. The molecule has 0 radical (unpaired) electrons. The molecule has 216 valence electrons. The molecule has 1 aromatic rings. The summed E-state index contributed by atoms with van der Waals surface area (Å²) in [5.41, 5.74) is -0.167. The zero-order valence-corrected chi connectivity index (χ0v) is 23.3. The van der Waals surface area contributed by atoms with Gasteiger partial charge in [0.1, 0.15) is 17.6 Å². The number of benzene rings is 1. The average Bonchev–Trinajstić information content (AvgIpc) is 3.72. The Bertz CT molecular complexity index is 1400. The highest BCUT2D eigenvalue weighted by Crippen LogP contribution is 2.45. The van der Waals surface area contributed by atoms with Crippen LogP contribution in [0.3, 0.4) is 0 Å². The standard InChI is InChI=1S/C30H35N5O6/c1-29-8-7-19(25(36)31-10-14-34-11-3-4-12-34)15-23(29)41-24(17-29)30(27(38)32-28(39)33-30)9-13-35-18-20-5-6-21(40-2)16-22(20)26(35)37/h5-8,15-17,23H,3-4,9-14,18H2,1-2H3,(H,31,36)(H2,32,33,38,39)/t23?,29?,30-/m0/s1. The first-order chi connectivity index (χ1) is 19.7. The van der Waals surface area contributed by atoms with Gasteiger partial charge in [-0.1, -0.05) is 18.2 Å². The van der Waals surface area contributed by atoms with Gasteiger partial charge >= 0.3 is 6.03 Å². The zero-order valence-electron chi connectivity index (χ0n) is 23.3. The van der Waals surface area contributed by atoms with Gasteiger partial charge in [-0.05, 0) is 62.7 Å². The van der Waals surface area contributed by atoms with Gasteiger partial charge in [0.2, 0.25) is 0 Å². The first kappa shape index (κ1) is 27.1. The summed E-state index contributed by atoms with van der Waals surface area (Å²) in [6.07, 6.45) is 9.27. The first-order valence-electron chi connectivity index (χ1n) is 14.1. The molecule has 3 N–H and O–H groups in total. The highest BCUT2D eigenvalue weighted by molar-refractivity contribution is 6.09. The van der Waals surface area contributed by atoms with Gasteiger partial charge in [0.25, 0.3) is 17.7 Å². The number of likely N-dealkylation sites (tertiary alicyclic amines) is 1. The molecule has 5 aliphatic rings. The van der Waals surface area contributed by atoms with Crippen LogP contribution in [0.2, 0.25) is 0 Å². The fourth-order valence-corrected chi connectivity index (χ4v) is 6.23. The quantitative estimate of drug-likeness (QED) is 0.391. The summed E-state index contributed by atoms with van der Waals surface area (Å²) >= 11 is 0. The van der Waals surface area contributed by atoms with Crippen molar-refractivity contribution in [3.8, 4) is 5.75 Å². The van der Waals surface area contributed by atoms with Gasteiger partial charge < -0.3 is 29.9 Å². The molecule has 0 spiro atoms. The van der Waals surface area contributed by atoms with Crippen molar-refractivity contribution in [2.75, 3.05) is 39.8 Å². The summed E-state index contributed by atoms with van der Waals surface area (Å²) < 4.78 is 11.6. The van der Waals surface area contributed by atoms with Gasteiger partial charge in [-0.3, -0.25) is 19.7 Å². The number of amides is 5. The van der Waals surface area contributed by atoms with Crippen LogP contribution in [0.4, 0.5) is 4.79 Å². The number of methoxy groups -OCH3 is 1. The molecule has 0 bridgehead atoms. The van der Waals surface area contributed by atoms with E-state index in [9.17, 15) is 19.2 Å². The fraction of sp³-hybridized carbons (Fsp3) is 0.467. The van der Waals surface area contributed by atoms with Crippen LogP contribution in [0.25, 0.3) is 0 Å². The molecule has 4 aliphatic heterocycles. The van der Waals surface area contributed by atoms with Crippen molar-refractivity contribution in [3.05, 3.63) is 65.0 Å². The molecule has 5 amide bonds. The Hall–Kier alpha value is -4.12. The van der Waals surface area contributed by atoms with Gasteiger partial charge in [0.15, 0.2) is 5.54 Å². The number of rotatable bonds is 9. The van der Waals surface area contributed by atoms with Gasteiger partial charge in [-0.15, -0.1) is 0 Å². The molecule has 0 saturated carbocycles. The van der Waals surface area contributed by atoms with E-state index in [1.165, 1.54) is 12.8 Å². The SMILES string of the molecule is COc1ccc2c(c1)C(=O)N(CC[C@@]1(C3=CC4(C)C=CC(C(=O)NCCN5CCCC5)=CC4O3)NC(=O)NC1=O)C2. The number of ether oxygens (including phenoxy) is 2. The van der Waals surface area contributed by atoms with Crippen molar-refractivity contribution in [2.24, 2.45) is 5.41 Å². The normalized spacial score (nSPS) is 28.5. The van der Waals surface area contributed by atoms with Crippen molar-refractivity contribution in [3.63, 3.8) is 0 Å². The van der Waals surface area contributed by atoms with E-state index in [0.29, 0.717) is 35.7 Å². The number of hydrogen-bond acceptors (Lipinski definition) is 7. The summed E-state index contributed by atoms with van der Waals surface area (Å²) in [6.45, 7) is 6.09. The number of fused-ring (bicyclic) bond motifs is 2. The molecule has 11 heteroatoms. The molecule has 11 nitrogen and oxygen atoms in total. The Morgan fingerprint density at radius 2 is 2.00 bits per heavy atom. The number of carbonyl (C=O) groups excluding carboxylic acids is 4. The van der Waals surface area contributed by atoms with E-state index in [0.717, 1.165) is 25.2 Å². The fourth-order valence-electron chi connectivity index (χ4n) is 6.23. The van der Waals surface area contributed by atoms with E-state index in [-0.39, 0.29) is 24.8 Å². The Balaban J connectivity index is 1.16. The maximum absolute atomic E-state index is 13.3. The Kier molecular flexibility index (Phi) is 6.85. The molecule has 2 fully saturated rings. The summed E-state index contributed by atoms with van der Waals surface area (Å²) in [6, 6.07) is 4.76. The van der Waals surface area contributed by atoms with Crippen LogP contribution >= 0.6 is 0 Å². The van der Waals surface area contributed by atoms with Crippen LogP contribution in [-0.4, -0.2) is 85.0 Å².